The molecule has 0 bridgehead atoms. The molecule has 1 aromatic heterocycles. The van der Waals surface area contributed by atoms with Gasteiger partial charge in [-0.2, -0.15) is 0 Å². The molecule has 1 aromatic rings. The highest BCUT2D eigenvalue weighted by atomic mass is 16.4. The molecule has 21 heavy (non-hydrogen) atoms. The minimum Gasteiger partial charge on any atom is -0.444 e. The average Bonchev–Trinajstić information content (AvgIpc) is 3.06. The number of nitrogens with one attached hydrogen (secondary N) is 2. The first-order valence-corrected chi connectivity index (χ1v) is 7.75. The van der Waals surface area contributed by atoms with Gasteiger partial charge in [0.05, 0.1) is 12.2 Å². The molecule has 0 amide bonds. The molecule has 2 N–H and O–H groups in total. The van der Waals surface area contributed by atoms with Crippen LogP contribution in [0.2, 0.25) is 0 Å². The van der Waals surface area contributed by atoms with E-state index in [9.17, 15) is 0 Å². The molecule has 0 aliphatic carbocycles. The Kier molecular flexibility index (Phi) is 5.61. The lowest BCUT2D eigenvalue weighted by atomic mass is 10.2. The van der Waals surface area contributed by atoms with E-state index in [0.29, 0.717) is 18.5 Å². The molecule has 6 nitrogen and oxygen atoms in total. The quantitative estimate of drug-likeness (QED) is 0.635. The molecular formula is C15H27N5O. The van der Waals surface area contributed by atoms with E-state index in [4.69, 9.17) is 4.42 Å². The molecule has 0 aromatic carbocycles. The number of aromatic nitrogens is 1. The summed E-state index contributed by atoms with van der Waals surface area (Å²) in [5.74, 6) is 2.37. The van der Waals surface area contributed by atoms with Crippen molar-refractivity contribution in [1.82, 2.24) is 20.5 Å². The lowest BCUT2D eigenvalue weighted by Gasteiger charge is -2.23. The van der Waals surface area contributed by atoms with Gasteiger partial charge < -0.3 is 15.1 Å². The fourth-order valence-corrected chi connectivity index (χ4v) is 2.75. The van der Waals surface area contributed by atoms with Crippen molar-refractivity contribution in [2.24, 2.45) is 4.99 Å². The Labute approximate surface area is 127 Å². The number of likely N-dealkylation sites (tertiary alicyclic amines) is 1. The van der Waals surface area contributed by atoms with Crippen molar-refractivity contribution in [1.29, 1.82) is 0 Å². The molecule has 1 unspecified atom stereocenters. The van der Waals surface area contributed by atoms with Crippen molar-refractivity contribution in [2.45, 2.75) is 46.2 Å². The molecule has 1 aliphatic heterocycles. The highest BCUT2D eigenvalue weighted by Crippen LogP contribution is 2.15. The van der Waals surface area contributed by atoms with E-state index in [1.54, 1.807) is 7.05 Å². The predicted octanol–water partition coefficient (Wildman–Crippen LogP) is 1.44. The molecule has 1 atom stereocenters. The highest BCUT2D eigenvalue weighted by molar-refractivity contribution is 5.79. The predicted molar refractivity (Wildman–Crippen MR) is 84.4 cm³/mol. The second-order valence-corrected chi connectivity index (χ2v) is 5.48. The largest absolute Gasteiger partial charge is 0.444 e. The number of oxazole rings is 1. The number of hydrogen-bond donors (Lipinski definition) is 2. The normalized spacial score (nSPS) is 20.0. The van der Waals surface area contributed by atoms with Gasteiger partial charge in [-0.1, -0.05) is 6.92 Å². The van der Waals surface area contributed by atoms with E-state index < -0.39 is 0 Å². The minimum absolute atomic E-state index is 0.552. The topological polar surface area (TPSA) is 65.7 Å². The van der Waals surface area contributed by atoms with E-state index in [0.717, 1.165) is 30.5 Å². The summed E-state index contributed by atoms with van der Waals surface area (Å²) in [4.78, 5) is 11.1. The van der Waals surface area contributed by atoms with E-state index in [1.165, 1.54) is 19.4 Å². The fraction of sp³-hybridized carbons (Fsp3) is 0.733. The summed E-state index contributed by atoms with van der Waals surface area (Å²) < 4.78 is 5.56. The third-order valence-electron chi connectivity index (χ3n) is 4.11. The van der Waals surface area contributed by atoms with Crippen molar-refractivity contribution < 1.29 is 4.42 Å². The number of likely N-dealkylation sites (N-methyl/N-ethyl adjacent to an activating group) is 1. The standard InChI is InChI=1S/C15H27N5O/c1-5-20-8-6-7-13(20)9-17-15(16-4)18-10-14-19-11(2)12(3)21-14/h13H,5-10H2,1-4H3,(H2,16,17,18). The van der Waals surface area contributed by atoms with Crippen LogP contribution in [0.25, 0.3) is 0 Å². The van der Waals surface area contributed by atoms with E-state index in [1.807, 2.05) is 13.8 Å². The van der Waals surface area contributed by atoms with Gasteiger partial charge in [0.15, 0.2) is 5.96 Å². The SMILES string of the molecule is CCN1CCCC1CNC(=NC)NCc1nc(C)c(C)o1. The van der Waals surface area contributed by atoms with Gasteiger partial charge in [-0.05, 0) is 39.8 Å². The van der Waals surface area contributed by atoms with Crippen LogP contribution in [0, 0.1) is 13.8 Å². The third kappa shape index (κ3) is 4.20. The lowest BCUT2D eigenvalue weighted by molar-refractivity contribution is 0.267. The first kappa shape index (κ1) is 15.8. The van der Waals surface area contributed by atoms with Gasteiger partial charge in [-0.15, -0.1) is 0 Å². The number of nitrogens with zero attached hydrogens (tertiary/aromatic N) is 3. The lowest BCUT2D eigenvalue weighted by Crippen LogP contribution is -2.44. The van der Waals surface area contributed by atoms with E-state index >= 15 is 0 Å². The summed E-state index contributed by atoms with van der Waals surface area (Å²) in [5.41, 5.74) is 0.944. The molecule has 6 heteroatoms. The van der Waals surface area contributed by atoms with Gasteiger partial charge in [0.2, 0.25) is 5.89 Å². The molecule has 0 spiro atoms. The Bertz CT molecular complexity index is 463. The van der Waals surface area contributed by atoms with Crippen LogP contribution in [-0.2, 0) is 6.54 Å². The summed E-state index contributed by atoms with van der Waals surface area (Å²) in [6.07, 6.45) is 2.55. The molecular weight excluding hydrogens is 266 g/mol. The molecule has 0 saturated carbocycles. The van der Waals surface area contributed by atoms with Gasteiger partial charge >= 0.3 is 0 Å². The first-order chi connectivity index (χ1) is 10.1. The Hall–Kier alpha value is -1.56. The molecule has 1 fully saturated rings. The number of rotatable bonds is 5. The van der Waals surface area contributed by atoms with E-state index in [2.05, 4.69) is 32.4 Å². The zero-order valence-corrected chi connectivity index (χ0v) is 13.6. The Balaban J connectivity index is 1.78. The van der Waals surface area contributed by atoms with Gasteiger partial charge in [0, 0.05) is 19.6 Å². The fourth-order valence-electron chi connectivity index (χ4n) is 2.75. The number of aryl methyl sites for hydroxylation is 2. The Morgan fingerprint density at radius 1 is 1.43 bits per heavy atom. The summed E-state index contributed by atoms with van der Waals surface area (Å²) in [6, 6.07) is 0.611. The minimum atomic E-state index is 0.552. The van der Waals surface area contributed by atoms with Crippen LogP contribution in [0.1, 0.15) is 37.1 Å². The molecule has 1 saturated heterocycles. The van der Waals surface area contributed by atoms with E-state index in [-0.39, 0.29) is 0 Å². The maximum Gasteiger partial charge on any atom is 0.214 e. The second-order valence-electron chi connectivity index (χ2n) is 5.48. The van der Waals surface area contributed by atoms with Crippen LogP contribution < -0.4 is 10.6 Å². The second kappa shape index (κ2) is 7.45. The summed E-state index contributed by atoms with van der Waals surface area (Å²) in [5, 5.41) is 6.64. The number of aliphatic imine (C=N–C) groups is 1. The summed E-state index contributed by atoms with van der Waals surface area (Å²) >= 11 is 0. The van der Waals surface area contributed by atoms with Crippen molar-refractivity contribution in [3.05, 3.63) is 17.3 Å². The molecule has 2 rings (SSSR count). The van der Waals surface area contributed by atoms with Crippen molar-refractivity contribution in [3.8, 4) is 0 Å². The van der Waals surface area contributed by atoms with Crippen LogP contribution in [0.5, 0.6) is 0 Å². The van der Waals surface area contributed by atoms with Crippen molar-refractivity contribution >= 4 is 5.96 Å². The molecule has 0 radical (unpaired) electrons. The smallest absolute Gasteiger partial charge is 0.214 e. The Morgan fingerprint density at radius 3 is 2.86 bits per heavy atom. The average molecular weight is 293 g/mol. The Morgan fingerprint density at radius 2 is 2.24 bits per heavy atom. The zero-order chi connectivity index (χ0) is 15.2. The van der Waals surface area contributed by atoms with Crippen LogP contribution >= 0.6 is 0 Å². The van der Waals surface area contributed by atoms with Gasteiger partial charge in [0.1, 0.15) is 5.76 Å². The summed E-state index contributed by atoms with van der Waals surface area (Å²) in [6.45, 7) is 9.91. The van der Waals surface area contributed by atoms with Gasteiger partial charge in [0.25, 0.3) is 0 Å². The molecule has 2 heterocycles. The van der Waals surface area contributed by atoms with Crippen LogP contribution in [0.4, 0.5) is 0 Å². The zero-order valence-electron chi connectivity index (χ0n) is 13.6. The highest BCUT2D eigenvalue weighted by Gasteiger charge is 2.22. The van der Waals surface area contributed by atoms with Crippen LogP contribution in [-0.4, -0.2) is 48.6 Å². The van der Waals surface area contributed by atoms with Gasteiger partial charge in [-0.25, -0.2) is 4.98 Å². The maximum absolute atomic E-state index is 5.56. The van der Waals surface area contributed by atoms with Crippen LogP contribution in [0.3, 0.4) is 0 Å². The van der Waals surface area contributed by atoms with Crippen molar-refractivity contribution in [3.63, 3.8) is 0 Å². The van der Waals surface area contributed by atoms with Gasteiger partial charge in [-0.3, -0.25) is 9.89 Å². The monoisotopic (exact) mass is 293 g/mol. The third-order valence-corrected chi connectivity index (χ3v) is 4.11. The number of guanidine groups is 1. The molecule has 1 aliphatic rings. The maximum atomic E-state index is 5.56. The summed E-state index contributed by atoms with van der Waals surface area (Å²) in [7, 11) is 1.79. The van der Waals surface area contributed by atoms with Crippen molar-refractivity contribution in [2.75, 3.05) is 26.7 Å². The number of hydrogen-bond acceptors (Lipinski definition) is 4. The first-order valence-electron chi connectivity index (χ1n) is 7.75. The van der Waals surface area contributed by atoms with Crippen LogP contribution in [0.15, 0.2) is 9.41 Å². The molecule has 118 valence electrons.